The third-order valence-corrected chi connectivity index (χ3v) is 13.0. The van der Waals surface area contributed by atoms with E-state index >= 15 is 0 Å². The van der Waals surface area contributed by atoms with Crippen LogP contribution in [0.2, 0.25) is 0 Å². The number of anilines is 2. The third-order valence-electron chi connectivity index (χ3n) is 11.0. The predicted molar refractivity (Wildman–Crippen MR) is 284 cm³/mol. The molecule has 0 bridgehead atoms. The molecule has 1 fully saturated rings. The Kier molecular flexibility index (Phi) is 19.6. The van der Waals surface area contributed by atoms with Crippen molar-refractivity contribution in [1.29, 1.82) is 0 Å². The first-order valence-corrected chi connectivity index (χ1v) is 25.8. The SMILES string of the molecule is COc1ccc(COC(=O)C2=C(C[n+]3cccc(N(CCCN(C)C(=O)OC(C)(C)C)Cc4ccc(OC)cc4)c3N=CN(C)C)CSC3C(NC(=O)/C(=N\OCF)c4nsc(NC(=O)OC(C)(C)C)n4)C(=O)N23)cc1. The summed E-state index contributed by atoms with van der Waals surface area (Å²) in [6.07, 6.45) is 2.80. The number of β-lactam (4-membered cyclic amide) rings is 1. The minimum atomic E-state index is -1.40. The number of benzene rings is 2. The van der Waals surface area contributed by atoms with Gasteiger partial charge in [0, 0.05) is 63.6 Å². The fourth-order valence-electron chi connectivity index (χ4n) is 7.56. The van der Waals surface area contributed by atoms with Crippen LogP contribution < -0.4 is 29.6 Å². The van der Waals surface area contributed by atoms with Gasteiger partial charge in [0.05, 0.1) is 20.4 Å². The maximum absolute atomic E-state index is 14.5. The van der Waals surface area contributed by atoms with Gasteiger partial charge in [-0.2, -0.15) is 9.36 Å². The molecule has 6 rings (SSSR count). The van der Waals surface area contributed by atoms with Crippen LogP contribution in [0.4, 0.5) is 30.6 Å². The van der Waals surface area contributed by atoms with Gasteiger partial charge in [-0.15, -0.1) is 11.8 Å². The Morgan fingerprint density at radius 1 is 0.921 bits per heavy atom. The summed E-state index contributed by atoms with van der Waals surface area (Å²) in [5.41, 5.74) is 0.841. The molecule has 2 aliphatic heterocycles. The van der Waals surface area contributed by atoms with Crippen LogP contribution in [0.3, 0.4) is 0 Å². The molecule has 2 aromatic heterocycles. The number of pyridine rings is 1. The van der Waals surface area contributed by atoms with E-state index in [0.717, 1.165) is 11.3 Å². The van der Waals surface area contributed by atoms with Crippen molar-refractivity contribution in [3.63, 3.8) is 0 Å². The standard InChI is InChI=1S/C51H64FN11O11S2/c1-50(2,3)73-48(67)56-47-55-41(58-76-47)38(57-72-30-52)43(64)54-39-44(65)63-40(46(66)71-28-33-17-21-36(70-11)22-18-33)34(29-75-45(39)63)27-62-24-12-14-37(42(62)53-31-59(7)8)61(26-32-15-19-35(69-10)20-16-32)25-13-23-60(9)49(68)74-51(4,5)6/h12,14-22,24,31,39,45H,13,23,25-30H2,1-11H3,(H-,54,55,56,58,64,67)/p+1/b57-38-. The summed E-state index contributed by atoms with van der Waals surface area (Å²) in [7, 11) is 8.54. The highest BCUT2D eigenvalue weighted by Crippen LogP contribution is 2.41. The molecule has 0 aliphatic carbocycles. The fraction of sp³-hybridized carbons (Fsp3) is 0.451. The molecule has 4 aromatic rings. The number of aromatic nitrogens is 3. The number of rotatable bonds is 22. The number of amides is 4. The van der Waals surface area contributed by atoms with Crippen LogP contribution >= 0.6 is 23.3 Å². The van der Waals surface area contributed by atoms with Crippen molar-refractivity contribution in [2.24, 2.45) is 10.1 Å². The molecule has 22 nitrogen and oxygen atoms in total. The predicted octanol–water partition coefficient (Wildman–Crippen LogP) is 6.42. The molecule has 2 aromatic carbocycles. The van der Waals surface area contributed by atoms with Gasteiger partial charge >= 0.3 is 24.0 Å². The molecule has 2 atom stereocenters. The summed E-state index contributed by atoms with van der Waals surface area (Å²) in [4.78, 5) is 88.7. The molecule has 2 unspecified atom stereocenters. The first kappa shape index (κ1) is 57.7. The highest BCUT2D eigenvalue weighted by molar-refractivity contribution is 8.00. The molecule has 0 saturated carbocycles. The van der Waals surface area contributed by atoms with Crippen LogP contribution in [0.15, 0.2) is 88.3 Å². The lowest BCUT2D eigenvalue weighted by Gasteiger charge is -2.49. The Morgan fingerprint density at radius 3 is 2.20 bits per heavy atom. The Hall–Kier alpha value is -7.54. The zero-order valence-corrected chi connectivity index (χ0v) is 46.1. The second-order valence-electron chi connectivity index (χ2n) is 19.5. The van der Waals surface area contributed by atoms with E-state index in [1.165, 1.54) is 16.7 Å². The van der Waals surface area contributed by atoms with Crippen molar-refractivity contribution >= 4 is 82.0 Å². The van der Waals surface area contributed by atoms with E-state index in [9.17, 15) is 28.4 Å². The summed E-state index contributed by atoms with van der Waals surface area (Å²) >= 11 is 2.00. The zero-order valence-electron chi connectivity index (χ0n) is 44.4. The topological polar surface area (TPSA) is 232 Å². The van der Waals surface area contributed by atoms with E-state index in [1.807, 2.05) is 82.0 Å². The smallest absolute Gasteiger partial charge is 0.414 e. The average Bonchev–Trinajstić information content (AvgIpc) is 3.84. The summed E-state index contributed by atoms with van der Waals surface area (Å²) in [6, 6.07) is 17.3. The summed E-state index contributed by atoms with van der Waals surface area (Å²) in [5.74, 6) is -0.692. The number of nitrogens with zero attached hydrogens (tertiary/aromatic N) is 9. The number of methoxy groups -OCH3 is 2. The highest BCUT2D eigenvalue weighted by Gasteiger charge is 2.55. The third kappa shape index (κ3) is 15.8. The molecular weight excluding hydrogens is 1030 g/mol. The van der Waals surface area contributed by atoms with E-state index in [4.69, 9.17) is 28.7 Å². The number of oxime groups is 1. The molecule has 0 radical (unpaired) electrons. The van der Waals surface area contributed by atoms with Crippen molar-refractivity contribution in [3.8, 4) is 11.5 Å². The number of halogens is 1. The molecule has 4 amide bonds. The lowest BCUT2D eigenvalue weighted by Crippen LogP contribution is -2.71. The number of thioether (sulfide) groups is 1. The number of hydrogen-bond acceptors (Lipinski definition) is 18. The van der Waals surface area contributed by atoms with Crippen molar-refractivity contribution in [3.05, 3.63) is 95.1 Å². The monoisotopic (exact) mass is 1090 g/mol. The first-order chi connectivity index (χ1) is 36.1. The Labute approximate surface area is 449 Å². The quantitative estimate of drug-likeness (QED) is 0.0164. The summed E-state index contributed by atoms with van der Waals surface area (Å²) in [6.45, 7) is 10.4. The van der Waals surface area contributed by atoms with Crippen LogP contribution in [-0.4, -0.2) is 150 Å². The van der Waals surface area contributed by atoms with Crippen LogP contribution in [0.1, 0.15) is 64.9 Å². The largest absolute Gasteiger partial charge is 0.497 e. The van der Waals surface area contributed by atoms with Crippen LogP contribution in [0.25, 0.3) is 0 Å². The molecule has 2 aliphatic rings. The first-order valence-electron chi connectivity index (χ1n) is 24.0. The van der Waals surface area contributed by atoms with Crippen LogP contribution in [0.5, 0.6) is 11.5 Å². The van der Waals surface area contributed by atoms with Crippen LogP contribution in [-0.2, 0) is 53.1 Å². The van der Waals surface area contributed by atoms with Gasteiger partial charge in [0.2, 0.25) is 23.0 Å². The minimum Gasteiger partial charge on any atom is -0.497 e. The summed E-state index contributed by atoms with van der Waals surface area (Å²) < 4.78 is 46.8. The number of hydrogen-bond donors (Lipinski definition) is 2. The molecule has 0 spiro atoms. The van der Waals surface area contributed by atoms with E-state index in [0.29, 0.717) is 66.0 Å². The molecule has 4 heterocycles. The van der Waals surface area contributed by atoms with Gasteiger partial charge in [0.1, 0.15) is 58.7 Å². The van der Waals surface area contributed by atoms with E-state index < -0.39 is 65.2 Å². The number of fused-ring (bicyclic) bond motifs is 1. The van der Waals surface area contributed by atoms with Gasteiger partial charge in [-0.25, -0.2) is 23.3 Å². The Balaban J connectivity index is 1.34. The van der Waals surface area contributed by atoms with E-state index in [2.05, 4.69) is 34.9 Å². The number of ether oxygens (including phenoxy) is 5. The molecule has 76 heavy (non-hydrogen) atoms. The number of esters is 1. The van der Waals surface area contributed by atoms with E-state index in [1.54, 1.807) is 82.4 Å². The van der Waals surface area contributed by atoms with Crippen molar-refractivity contribution in [2.75, 3.05) is 71.3 Å². The van der Waals surface area contributed by atoms with Gasteiger partial charge in [0.15, 0.2) is 0 Å². The second kappa shape index (κ2) is 25.8. The normalized spacial score (nSPS) is 15.6. The van der Waals surface area contributed by atoms with Gasteiger partial charge in [0.25, 0.3) is 18.7 Å². The second-order valence-corrected chi connectivity index (χ2v) is 21.4. The minimum absolute atomic E-state index is 0.0119. The zero-order chi connectivity index (χ0) is 55.3. The van der Waals surface area contributed by atoms with Crippen LogP contribution in [0, 0.1) is 0 Å². The lowest BCUT2D eigenvalue weighted by atomic mass is 10.0. The number of alkyl halides is 1. The van der Waals surface area contributed by atoms with Crippen molar-refractivity contribution < 1.29 is 61.5 Å². The highest BCUT2D eigenvalue weighted by atomic mass is 32.2. The maximum atomic E-state index is 14.5. The number of nitrogens with one attached hydrogen (secondary N) is 2. The van der Waals surface area contributed by atoms with Gasteiger partial charge in [-0.05, 0) is 100 Å². The summed E-state index contributed by atoms with van der Waals surface area (Å²) in [5, 5.41) is 7.80. The number of carbonyl (C=O) groups excluding carboxylic acids is 5. The maximum Gasteiger partial charge on any atom is 0.414 e. The van der Waals surface area contributed by atoms with Crippen molar-refractivity contribution in [2.45, 2.75) is 90.3 Å². The lowest BCUT2D eigenvalue weighted by molar-refractivity contribution is -0.675. The molecule has 408 valence electrons. The van der Waals surface area contributed by atoms with Gasteiger partial charge in [-0.3, -0.25) is 19.8 Å². The van der Waals surface area contributed by atoms with E-state index in [-0.39, 0.29) is 35.6 Å². The number of carbonyl (C=O) groups is 5. The Morgan fingerprint density at radius 2 is 1.58 bits per heavy atom. The van der Waals surface area contributed by atoms with Gasteiger partial charge in [-0.1, -0.05) is 29.4 Å². The molecular formula is C51H65FN11O11S2+. The van der Waals surface area contributed by atoms with Crippen molar-refractivity contribution in [1.82, 2.24) is 29.4 Å². The molecule has 1 saturated heterocycles. The fourth-order valence-corrected chi connectivity index (χ4v) is 9.45. The molecule has 2 N–H and O–H groups in total. The molecule has 25 heteroatoms. The van der Waals surface area contributed by atoms with Gasteiger partial charge < -0.3 is 48.5 Å². The number of aliphatic imine (C=N–C) groups is 1. The average molecular weight is 1090 g/mol. The Bertz CT molecular complexity index is 2800.